The van der Waals surface area contributed by atoms with Gasteiger partial charge in [-0.1, -0.05) is 12.1 Å². The zero-order valence-electron chi connectivity index (χ0n) is 15.0. The van der Waals surface area contributed by atoms with Gasteiger partial charge in [-0.15, -0.1) is 0 Å². The number of benzene rings is 1. The molecule has 1 amide bonds. The lowest BCUT2D eigenvalue weighted by Gasteiger charge is -2.33. The van der Waals surface area contributed by atoms with Crippen LogP contribution in [0.15, 0.2) is 52.1 Å². The minimum absolute atomic E-state index is 0.0711. The van der Waals surface area contributed by atoms with E-state index in [1.54, 1.807) is 43.7 Å². The molecule has 0 spiro atoms. The molecule has 3 heterocycles. The maximum absolute atomic E-state index is 12.7. The molecule has 1 aliphatic rings. The van der Waals surface area contributed by atoms with Gasteiger partial charge in [0.15, 0.2) is 5.58 Å². The molecule has 0 bridgehead atoms. The predicted octanol–water partition coefficient (Wildman–Crippen LogP) is 1.73. The van der Waals surface area contributed by atoms with E-state index in [-0.39, 0.29) is 11.9 Å². The molecule has 0 radical (unpaired) electrons. The van der Waals surface area contributed by atoms with Gasteiger partial charge in [0.05, 0.1) is 11.7 Å². The molecule has 1 N–H and O–H groups in total. The van der Waals surface area contributed by atoms with E-state index in [1.165, 1.54) is 4.57 Å². The van der Waals surface area contributed by atoms with Gasteiger partial charge in [-0.3, -0.25) is 14.3 Å². The summed E-state index contributed by atoms with van der Waals surface area (Å²) in [6.07, 6.45) is 6.71. The van der Waals surface area contributed by atoms with Crippen LogP contribution in [0.1, 0.15) is 25.8 Å². The van der Waals surface area contributed by atoms with Crippen molar-refractivity contribution in [3.8, 4) is 0 Å². The number of nitrogens with zero attached hydrogens (tertiary/aromatic N) is 4. The maximum atomic E-state index is 12.7. The monoisotopic (exact) mass is 367 g/mol. The van der Waals surface area contributed by atoms with Gasteiger partial charge in [-0.2, -0.15) is 0 Å². The Labute approximate surface area is 155 Å². The summed E-state index contributed by atoms with van der Waals surface area (Å²) in [5, 5.41) is 3.07. The van der Waals surface area contributed by atoms with Crippen LogP contribution < -0.4 is 16.0 Å². The van der Waals surface area contributed by atoms with E-state index in [1.807, 2.05) is 6.07 Å². The molecule has 1 aliphatic heterocycles. The van der Waals surface area contributed by atoms with Crippen LogP contribution in [-0.4, -0.2) is 39.6 Å². The van der Waals surface area contributed by atoms with Crippen molar-refractivity contribution in [3.05, 3.63) is 53.4 Å². The topological polar surface area (TPSA) is 93.3 Å². The third-order valence-electron chi connectivity index (χ3n) is 5.00. The van der Waals surface area contributed by atoms with E-state index >= 15 is 0 Å². The number of fused-ring (bicyclic) bond motifs is 1. The highest BCUT2D eigenvalue weighted by Crippen LogP contribution is 2.19. The van der Waals surface area contributed by atoms with Crippen LogP contribution in [0.2, 0.25) is 0 Å². The molecule has 4 rings (SSSR count). The number of hydrogen-bond donors (Lipinski definition) is 1. The number of aromatic nitrogens is 3. The van der Waals surface area contributed by atoms with Gasteiger partial charge in [-0.05, 0) is 31.9 Å². The first-order chi connectivity index (χ1) is 13.1. The highest BCUT2D eigenvalue weighted by atomic mass is 16.4. The molecular formula is C19H21N5O3. The third kappa shape index (κ3) is 3.42. The first-order valence-electron chi connectivity index (χ1n) is 9.05. The maximum Gasteiger partial charge on any atom is 0.420 e. The number of anilines is 1. The number of carbonyl (C=O) groups is 1. The molecule has 1 atom stereocenters. The van der Waals surface area contributed by atoms with E-state index < -0.39 is 11.8 Å². The number of para-hydroxylation sites is 2. The fraction of sp³-hybridized carbons (Fsp3) is 0.368. The Morgan fingerprint density at radius 2 is 2.04 bits per heavy atom. The summed E-state index contributed by atoms with van der Waals surface area (Å²) < 4.78 is 6.63. The molecular weight excluding hydrogens is 346 g/mol. The Morgan fingerprint density at radius 3 is 2.78 bits per heavy atom. The van der Waals surface area contributed by atoms with Crippen LogP contribution >= 0.6 is 0 Å². The summed E-state index contributed by atoms with van der Waals surface area (Å²) in [4.78, 5) is 35.5. The van der Waals surface area contributed by atoms with E-state index in [0.717, 1.165) is 31.7 Å². The van der Waals surface area contributed by atoms with E-state index in [9.17, 15) is 9.59 Å². The zero-order valence-corrected chi connectivity index (χ0v) is 15.0. The third-order valence-corrected chi connectivity index (χ3v) is 5.00. The van der Waals surface area contributed by atoms with E-state index in [0.29, 0.717) is 11.1 Å². The first kappa shape index (κ1) is 17.3. The predicted molar refractivity (Wildman–Crippen MR) is 101 cm³/mol. The molecule has 27 heavy (non-hydrogen) atoms. The van der Waals surface area contributed by atoms with Crippen molar-refractivity contribution in [1.82, 2.24) is 19.9 Å². The SMILES string of the molecule is CC(C(=O)NC1CCN(c2cnccn2)CC1)n1c(=O)oc2ccccc21. The van der Waals surface area contributed by atoms with Gasteiger partial charge in [-0.25, -0.2) is 9.78 Å². The molecule has 3 aromatic rings. The van der Waals surface area contributed by atoms with Gasteiger partial charge in [0.25, 0.3) is 0 Å². The zero-order chi connectivity index (χ0) is 18.8. The fourth-order valence-corrected chi connectivity index (χ4v) is 3.50. The van der Waals surface area contributed by atoms with Gasteiger partial charge in [0.2, 0.25) is 5.91 Å². The van der Waals surface area contributed by atoms with Crippen molar-refractivity contribution in [3.63, 3.8) is 0 Å². The summed E-state index contributed by atoms with van der Waals surface area (Å²) in [6.45, 7) is 3.31. The minimum Gasteiger partial charge on any atom is -0.408 e. The number of hydrogen-bond acceptors (Lipinski definition) is 6. The van der Waals surface area contributed by atoms with E-state index in [4.69, 9.17) is 4.42 Å². The molecule has 140 valence electrons. The second kappa shape index (κ2) is 7.22. The Kier molecular flexibility index (Phi) is 4.62. The molecule has 8 heteroatoms. The smallest absolute Gasteiger partial charge is 0.408 e. The van der Waals surface area contributed by atoms with E-state index in [2.05, 4.69) is 20.2 Å². The van der Waals surface area contributed by atoms with Crippen molar-refractivity contribution in [2.45, 2.75) is 31.8 Å². The molecule has 0 aliphatic carbocycles. The second-order valence-corrected chi connectivity index (χ2v) is 6.72. The van der Waals surface area contributed by atoms with Crippen molar-refractivity contribution in [2.24, 2.45) is 0 Å². The lowest BCUT2D eigenvalue weighted by atomic mass is 10.0. The van der Waals surface area contributed by atoms with Gasteiger partial charge < -0.3 is 14.6 Å². The molecule has 1 saturated heterocycles. The number of amides is 1. The highest BCUT2D eigenvalue weighted by molar-refractivity contribution is 5.83. The Balaban J connectivity index is 1.41. The standard InChI is InChI=1S/C19H21N5O3/c1-13(24-15-4-2-3-5-16(15)27-19(24)26)18(25)22-14-6-10-23(11-7-14)17-12-20-8-9-21-17/h2-5,8-9,12-14H,6-7,10-11H2,1H3,(H,22,25). The van der Waals surface area contributed by atoms with Crippen molar-refractivity contribution >= 4 is 22.8 Å². The van der Waals surface area contributed by atoms with Gasteiger partial charge in [0.1, 0.15) is 11.9 Å². The summed E-state index contributed by atoms with van der Waals surface area (Å²) in [6, 6.07) is 6.55. The van der Waals surface area contributed by atoms with Crippen LogP contribution in [0.25, 0.3) is 11.1 Å². The van der Waals surface area contributed by atoms with Gasteiger partial charge in [0, 0.05) is 31.5 Å². The molecule has 8 nitrogen and oxygen atoms in total. The summed E-state index contributed by atoms with van der Waals surface area (Å²) in [7, 11) is 0. The fourth-order valence-electron chi connectivity index (χ4n) is 3.50. The largest absolute Gasteiger partial charge is 0.420 e. The lowest BCUT2D eigenvalue weighted by Crippen LogP contribution is -2.47. The van der Waals surface area contributed by atoms with Crippen molar-refractivity contribution in [2.75, 3.05) is 18.0 Å². The summed E-state index contributed by atoms with van der Waals surface area (Å²) in [5.74, 6) is 0.157. The summed E-state index contributed by atoms with van der Waals surface area (Å²) >= 11 is 0. The number of piperidine rings is 1. The van der Waals surface area contributed by atoms with Crippen LogP contribution in [0.5, 0.6) is 0 Å². The molecule has 1 unspecified atom stereocenters. The Hall–Kier alpha value is -3.16. The first-order valence-corrected chi connectivity index (χ1v) is 9.05. The van der Waals surface area contributed by atoms with Crippen LogP contribution in [0.4, 0.5) is 5.82 Å². The molecule has 2 aromatic heterocycles. The normalized spacial score (nSPS) is 16.4. The quantitative estimate of drug-likeness (QED) is 0.755. The summed E-state index contributed by atoms with van der Waals surface area (Å²) in [5.41, 5.74) is 1.11. The van der Waals surface area contributed by atoms with Crippen molar-refractivity contribution < 1.29 is 9.21 Å². The molecule has 0 saturated carbocycles. The van der Waals surface area contributed by atoms with Crippen LogP contribution in [-0.2, 0) is 4.79 Å². The number of rotatable bonds is 4. The van der Waals surface area contributed by atoms with Crippen LogP contribution in [0.3, 0.4) is 0 Å². The average Bonchev–Trinajstić information content (AvgIpc) is 3.04. The van der Waals surface area contributed by atoms with Crippen molar-refractivity contribution in [1.29, 1.82) is 0 Å². The number of oxazole rings is 1. The lowest BCUT2D eigenvalue weighted by molar-refractivity contribution is -0.124. The van der Waals surface area contributed by atoms with Crippen LogP contribution in [0, 0.1) is 0 Å². The minimum atomic E-state index is -0.640. The number of nitrogens with one attached hydrogen (secondary N) is 1. The second-order valence-electron chi connectivity index (χ2n) is 6.72. The van der Waals surface area contributed by atoms with Gasteiger partial charge >= 0.3 is 5.76 Å². The Bertz CT molecular complexity index is 989. The average molecular weight is 367 g/mol. The molecule has 1 fully saturated rings. The highest BCUT2D eigenvalue weighted by Gasteiger charge is 2.26. The molecule has 1 aromatic carbocycles. The Morgan fingerprint density at radius 1 is 1.26 bits per heavy atom. The number of carbonyl (C=O) groups excluding carboxylic acids is 1.